The minimum atomic E-state index is -4.20. The number of aromatic nitrogens is 4. The van der Waals surface area contributed by atoms with E-state index in [0.717, 1.165) is 6.54 Å². The third-order valence-electron chi connectivity index (χ3n) is 2.39. The SMILES string of the molecule is CC(C)CNC(C)c1nnnn1CCC(F)(F)F. The van der Waals surface area contributed by atoms with Crippen LogP contribution in [0.15, 0.2) is 0 Å². The Morgan fingerprint density at radius 2 is 1.94 bits per heavy atom. The molecule has 1 rings (SSSR count). The predicted octanol–water partition coefficient (Wildman–Crippen LogP) is 1.93. The van der Waals surface area contributed by atoms with Gasteiger partial charge in [-0.25, -0.2) is 4.68 Å². The van der Waals surface area contributed by atoms with Crippen molar-refractivity contribution in [1.29, 1.82) is 0 Å². The Labute approximate surface area is 104 Å². The molecular formula is C10H18F3N5. The lowest BCUT2D eigenvalue weighted by Gasteiger charge is -2.15. The fourth-order valence-electron chi connectivity index (χ4n) is 1.42. The van der Waals surface area contributed by atoms with Gasteiger partial charge in [0.2, 0.25) is 0 Å². The zero-order valence-electron chi connectivity index (χ0n) is 10.7. The normalized spacial score (nSPS) is 14.2. The van der Waals surface area contributed by atoms with E-state index in [1.807, 2.05) is 20.8 Å². The van der Waals surface area contributed by atoms with Crippen LogP contribution in [0.4, 0.5) is 13.2 Å². The first-order valence-corrected chi connectivity index (χ1v) is 5.86. The molecule has 1 heterocycles. The van der Waals surface area contributed by atoms with Gasteiger partial charge in [-0.1, -0.05) is 13.8 Å². The number of halogens is 3. The maximum absolute atomic E-state index is 12.1. The maximum atomic E-state index is 12.1. The lowest BCUT2D eigenvalue weighted by Crippen LogP contribution is -2.26. The highest BCUT2D eigenvalue weighted by Gasteiger charge is 2.28. The van der Waals surface area contributed by atoms with Gasteiger partial charge in [-0.3, -0.25) is 0 Å². The second kappa shape index (κ2) is 6.12. The van der Waals surface area contributed by atoms with Crippen molar-refractivity contribution in [1.82, 2.24) is 25.5 Å². The molecule has 0 saturated carbocycles. The zero-order chi connectivity index (χ0) is 13.8. The van der Waals surface area contributed by atoms with Crippen molar-refractivity contribution in [3.63, 3.8) is 0 Å². The van der Waals surface area contributed by atoms with Gasteiger partial charge in [-0.05, 0) is 29.8 Å². The Hall–Kier alpha value is -1.18. The molecule has 1 unspecified atom stereocenters. The smallest absolute Gasteiger partial charge is 0.307 e. The number of aryl methyl sites for hydroxylation is 1. The number of nitrogens with one attached hydrogen (secondary N) is 1. The van der Waals surface area contributed by atoms with Crippen LogP contribution in [0, 0.1) is 5.92 Å². The molecule has 104 valence electrons. The second-order valence-corrected chi connectivity index (χ2v) is 4.65. The predicted molar refractivity (Wildman–Crippen MR) is 59.7 cm³/mol. The summed E-state index contributed by atoms with van der Waals surface area (Å²) >= 11 is 0. The standard InChI is InChI=1S/C10H18F3N5/c1-7(2)6-14-8(3)9-15-16-17-18(9)5-4-10(11,12)13/h7-8,14H,4-6H2,1-3H3. The Morgan fingerprint density at radius 1 is 1.28 bits per heavy atom. The van der Waals surface area contributed by atoms with Gasteiger partial charge in [0.05, 0.1) is 19.0 Å². The van der Waals surface area contributed by atoms with Crippen LogP contribution in [0.1, 0.15) is 39.1 Å². The minimum Gasteiger partial charge on any atom is -0.307 e. The molecule has 5 nitrogen and oxygen atoms in total. The average Bonchev–Trinajstić information content (AvgIpc) is 2.70. The molecule has 8 heteroatoms. The van der Waals surface area contributed by atoms with Crippen LogP contribution in [0.3, 0.4) is 0 Å². The number of tetrazole rings is 1. The van der Waals surface area contributed by atoms with Crippen molar-refractivity contribution >= 4 is 0 Å². The van der Waals surface area contributed by atoms with Crippen molar-refractivity contribution in [2.24, 2.45) is 5.92 Å². The Bertz CT molecular complexity index is 361. The summed E-state index contributed by atoms with van der Waals surface area (Å²) in [6, 6.07) is -0.171. The van der Waals surface area contributed by atoms with Crippen LogP contribution in [0.25, 0.3) is 0 Å². The molecule has 0 fully saturated rings. The molecule has 0 aliphatic carbocycles. The highest BCUT2D eigenvalue weighted by atomic mass is 19.4. The Kier molecular flexibility index (Phi) is 5.06. The van der Waals surface area contributed by atoms with Crippen LogP contribution >= 0.6 is 0 Å². The molecule has 1 aromatic heterocycles. The summed E-state index contributed by atoms with van der Waals surface area (Å²) in [5.74, 6) is 0.881. The summed E-state index contributed by atoms with van der Waals surface area (Å²) in [5.41, 5.74) is 0. The molecule has 0 bridgehead atoms. The molecule has 1 aromatic rings. The number of alkyl halides is 3. The van der Waals surface area contributed by atoms with Gasteiger partial charge in [0.25, 0.3) is 0 Å². The van der Waals surface area contributed by atoms with Gasteiger partial charge < -0.3 is 5.32 Å². The van der Waals surface area contributed by atoms with Crippen LogP contribution in [0.2, 0.25) is 0 Å². The van der Waals surface area contributed by atoms with E-state index in [1.165, 1.54) is 4.68 Å². The van der Waals surface area contributed by atoms with Crippen LogP contribution < -0.4 is 5.32 Å². The van der Waals surface area contributed by atoms with Crippen LogP contribution in [-0.4, -0.2) is 32.9 Å². The Morgan fingerprint density at radius 3 is 2.50 bits per heavy atom. The van der Waals surface area contributed by atoms with Gasteiger partial charge in [0.15, 0.2) is 5.82 Å². The summed E-state index contributed by atoms with van der Waals surface area (Å²) in [6.45, 7) is 6.43. The molecule has 0 aliphatic rings. The van der Waals surface area contributed by atoms with Gasteiger partial charge in [0, 0.05) is 0 Å². The first kappa shape index (κ1) is 14.9. The quantitative estimate of drug-likeness (QED) is 0.854. The van der Waals surface area contributed by atoms with E-state index >= 15 is 0 Å². The van der Waals surface area contributed by atoms with Gasteiger partial charge in [0.1, 0.15) is 0 Å². The first-order valence-electron chi connectivity index (χ1n) is 5.86. The van der Waals surface area contributed by atoms with E-state index in [-0.39, 0.29) is 12.6 Å². The molecular weight excluding hydrogens is 247 g/mol. The summed E-state index contributed by atoms with van der Waals surface area (Å²) in [7, 11) is 0. The number of nitrogens with zero attached hydrogens (tertiary/aromatic N) is 4. The first-order chi connectivity index (χ1) is 8.29. The van der Waals surface area contributed by atoms with E-state index < -0.39 is 12.6 Å². The third kappa shape index (κ3) is 4.99. The lowest BCUT2D eigenvalue weighted by atomic mass is 10.2. The van der Waals surface area contributed by atoms with E-state index in [9.17, 15) is 13.2 Å². The van der Waals surface area contributed by atoms with Crippen LogP contribution in [0.5, 0.6) is 0 Å². The highest BCUT2D eigenvalue weighted by Crippen LogP contribution is 2.20. The van der Waals surface area contributed by atoms with E-state index in [2.05, 4.69) is 20.8 Å². The van der Waals surface area contributed by atoms with Gasteiger partial charge in [-0.2, -0.15) is 13.2 Å². The molecule has 0 saturated heterocycles. The molecule has 1 N–H and O–H groups in total. The van der Waals surface area contributed by atoms with Crippen molar-refractivity contribution in [2.75, 3.05) is 6.54 Å². The fraction of sp³-hybridized carbons (Fsp3) is 0.900. The second-order valence-electron chi connectivity index (χ2n) is 4.65. The summed E-state index contributed by atoms with van der Waals surface area (Å²) in [5, 5.41) is 14.0. The molecule has 1 atom stereocenters. The monoisotopic (exact) mass is 265 g/mol. The van der Waals surface area contributed by atoms with Crippen molar-refractivity contribution < 1.29 is 13.2 Å². The largest absolute Gasteiger partial charge is 0.390 e. The molecule has 0 aliphatic heterocycles. The van der Waals surface area contributed by atoms with E-state index in [4.69, 9.17) is 0 Å². The topological polar surface area (TPSA) is 55.6 Å². The van der Waals surface area contributed by atoms with Crippen molar-refractivity contribution in [3.8, 4) is 0 Å². The third-order valence-corrected chi connectivity index (χ3v) is 2.39. The molecule has 0 amide bonds. The van der Waals surface area contributed by atoms with Gasteiger partial charge in [-0.15, -0.1) is 5.10 Å². The lowest BCUT2D eigenvalue weighted by molar-refractivity contribution is -0.137. The molecule has 0 radical (unpaired) electrons. The van der Waals surface area contributed by atoms with E-state index in [1.54, 1.807) is 0 Å². The number of hydrogen-bond acceptors (Lipinski definition) is 4. The summed E-state index contributed by atoms with van der Waals surface area (Å²) in [6.07, 6.45) is -5.13. The van der Waals surface area contributed by atoms with Gasteiger partial charge >= 0.3 is 6.18 Å². The minimum absolute atomic E-state index is 0.171. The van der Waals surface area contributed by atoms with Crippen molar-refractivity contribution in [3.05, 3.63) is 5.82 Å². The van der Waals surface area contributed by atoms with Crippen molar-refractivity contribution in [2.45, 2.75) is 46.0 Å². The fourth-order valence-corrected chi connectivity index (χ4v) is 1.42. The molecule has 0 spiro atoms. The Balaban J connectivity index is 2.58. The zero-order valence-corrected chi connectivity index (χ0v) is 10.7. The summed E-state index contributed by atoms with van der Waals surface area (Å²) in [4.78, 5) is 0. The molecule has 18 heavy (non-hydrogen) atoms. The number of hydrogen-bond donors (Lipinski definition) is 1. The maximum Gasteiger partial charge on any atom is 0.390 e. The number of rotatable bonds is 6. The average molecular weight is 265 g/mol. The van der Waals surface area contributed by atoms with E-state index in [0.29, 0.717) is 11.7 Å². The summed E-state index contributed by atoms with van der Waals surface area (Å²) < 4.78 is 37.6. The highest BCUT2D eigenvalue weighted by molar-refractivity contribution is 4.89. The van der Waals surface area contributed by atoms with Crippen LogP contribution in [-0.2, 0) is 6.54 Å². The molecule has 0 aromatic carbocycles.